The number of sulfone groups is 1. The minimum atomic E-state index is -3.04. The van der Waals surface area contributed by atoms with E-state index in [-0.39, 0.29) is 34.3 Å². The largest absolute Gasteiger partial charge is 0.288 e. The number of nitrogens with zero attached hydrogens (tertiary/aromatic N) is 3. The normalized spacial score (nSPS) is 18.9. The highest BCUT2D eigenvalue weighted by Crippen LogP contribution is 2.28. The van der Waals surface area contributed by atoms with Crippen LogP contribution in [0.5, 0.6) is 0 Å². The van der Waals surface area contributed by atoms with E-state index in [1.807, 2.05) is 25.1 Å². The number of rotatable bonds is 4. The highest BCUT2D eigenvalue weighted by Gasteiger charge is 2.31. The summed E-state index contributed by atoms with van der Waals surface area (Å²) < 4.78 is 25.4. The maximum Gasteiger partial charge on any atom is 0.203 e. The molecule has 0 aliphatic carbocycles. The molecule has 2 heterocycles. The minimum absolute atomic E-state index is 0.0218. The van der Waals surface area contributed by atoms with E-state index in [1.165, 1.54) is 0 Å². The lowest BCUT2D eigenvalue weighted by Gasteiger charge is -2.18. The Morgan fingerprint density at radius 2 is 1.87 bits per heavy atom. The molecule has 0 unspecified atom stereocenters. The Kier molecular flexibility index (Phi) is 5.74. The highest BCUT2D eigenvalue weighted by molar-refractivity contribution is 7.91. The van der Waals surface area contributed by atoms with E-state index < -0.39 is 9.84 Å². The van der Waals surface area contributed by atoms with Crippen molar-refractivity contribution in [2.45, 2.75) is 52.5 Å². The molecular formula is C23H27N3O3S. The molecule has 6 nitrogen and oxygen atoms in total. The molecule has 1 aromatic heterocycles. The molecule has 1 aromatic carbocycles. The first kappa shape index (κ1) is 22.0. The summed E-state index contributed by atoms with van der Waals surface area (Å²) in [5.74, 6) is -0.108. The van der Waals surface area contributed by atoms with Crippen LogP contribution in [0.25, 0.3) is 6.08 Å². The van der Waals surface area contributed by atoms with E-state index in [1.54, 1.807) is 29.8 Å². The molecule has 158 valence electrons. The molecule has 1 saturated heterocycles. The van der Waals surface area contributed by atoms with Crippen molar-refractivity contribution in [3.8, 4) is 6.07 Å². The Labute approximate surface area is 178 Å². The standard InChI is InChI=1S/C23H27N3O3S/c1-15-21(16(2)26(25-15)20-10-11-30(28,29)14-20)12-18(13-24)22(27)17-6-8-19(9-7-17)23(3,4)5/h6-9,12,20H,10-11,14H2,1-5H3/b18-12+/t20-/m0/s1. The molecule has 1 aliphatic heterocycles. The van der Waals surface area contributed by atoms with Gasteiger partial charge in [-0.1, -0.05) is 45.0 Å². The number of aromatic nitrogens is 2. The fourth-order valence-corrected chi connectivity index (χ4v) is 5.47. The van der Waals surface area contributed by atoms with Crippen LogP contribution in [-0.4, -0.2) is 35.5 Å². The summed E-state index contributed by atoms with van der Waals surface area (Å²) in [6.07, 6.45) is 2.09. The molecule has 0 spiro atoms. The van der Waals surface area contributed by atoms with Crippen LogP contribution in [0.3, 0.4) is 0 Å². The minimum Gasteiger partial charge on any atom is -0.288 e. The van der Waals surface area contributed by atoms with E-state index in [2.05, 4.69) is 25.9 Å². The summed E-state index contributed by atoms with van der Waals surface area (Å²) >= 11 is 0. The predicted octanol–water partition coefficient (Wildman–Crippen LogP) is 3.95. The number of hydrogen-bond acceptors (Lipinski definition) is 5. The quantitative estimate of drug-likeness (QED) is 0.420. The fraction of sp³-hybridized carbons (Fsp3) is 0.435. The topological polar surface area (TPSA) is 92.8 Å². The van der Waals surface area contributed by atoms with Gasteiger partial charge < -0.3 is 0 Å². The average molecular weight is 426 g/mol. The molecule has 2 aromatic rings. The first-order valence-corrected chi connectivity index (χ1v) is 11.8. The second kappa shape index (κ2) is 7.84. The first-order chi connectivity index (χ1) is 13.9. The third-order valence-electron chi connectivity index (χ3n) is 5.60. The van der Waals surface area contributed by atoms with Gasteiger partial charge in [0.15, 0.2) is 9.84 Å². The molecule has 0 amide bonds. The van der Waals surface area contributed by atoms with Crippen molar-refractivity contribution in [1.29, 1.82) is 5.26 Å². The Hall–Kier alpha value is -2.72. The highest BCUT2D eigenvalue weighted by atomic mass is 32.2. The van der Waals surface area contributed by atoms with Crippen molar-refractivity contribution in [1.82, 2.24) is 9.78 Å². The Bertz CT molecular complexity index is 1160. The summed E-state index contributed by atoms with van der Waals surface area (Å²) in [5.41, 5.74) is 3.70. The van der Waals surface area contributed by atoms with Crippen LogP contribution >= 0.6 is 0 Å². The molecule has 3 rings (SSSR count). The van der Waals surface area contributed by atoms with Gasteiger partial charge in [0.25, 0.3) is 0 Å². The van der Waals surface area contributed by atoms with Crippen LogP contribution in [0.2, 0.25) is 0 Å². The van der Waals surface area contributed by atoms with Gasteiger partial charge in [-0.3, -0.25) is 9.48 Å². The number of benzene rings is 1. The van der Waals surface area contributed by atoms with Crippen molar-refractivity contribution >= 4 is 21.7 Å². The SMILES string of the molecule is Cc1nn([C@H]2CCS(=O)(=O)C2)c(C)c1/C=C(\C#N)C(=O)c1ccc(C(C)(C)C)cc1. The number of aryl methyl sites for hydroxylation is 1. The van der Waals surface area contributed by atoms with Crippen LogP contribution in [0, 0.1) is 25.2 Å². The number of nitriles is 1. The van der Waals surface area contributed by atoms with Gasteiger partial charge >= 0.3 is 0 Å². The zero-order valence-corrected chi connectivity index (χ0v) is 18.9. The molecule has 0 radical (unpaired) electrons. The van der Waals surface area contributed by atoms with Gasteiger partial charge in [0.05, 0.1) is 23.2 Å². The van der Waals surface area contributed by atoms with E-state index in [9.17, 15) is 18.5 Å². The second-order valence-electron chi connectivity index (χ2n) is 8.91. The van der Waals surface area contributed by atoms with Gasteiger partial charge in [-0.2, -0.15) is 10.4 Å². The van der Waals surface area contributed by atoms with Gasteiger partial charge in [0, 0.05) is 16.8 Å². The van der Waals surface area contributed by atoms with Gasteiger partial charge in [0.2, 0.25) is 5.78 Å². The van der Waals surface area contributed by atoms with Gasteiger partial charge in [-0.05, 0) is 37.3 Å². The van der Waals surface area contributed by atoms with E-state index in [0.717, 1.165) is 11.3 Å². The average Bonchev–Trinajstić information content (AvgIpc) is 3.17. The number of carbonyl (C=O) groups is 1. The monoisotopic (exact) mass is 425 g/mol. The van der Waals surface area contributed by atoms with Crippen molar-refractivity contribution in [3.05, 3.63) is 57.9 Å². The number of ketones is 1. The third-order valence-corrected chi connectivity index (χ3v) is 7.35. The molecule has 0 saturated carbocycles. The number of Topliss-reactive ketones (excluding diaryl/α,β-unsaturated/α-hetero) is 1. The summed E-state index contributed by atoms with van der Waals surface area (Å²) in [5, 5.41) is 14.1. The number of allylic oxidation sites excluding steroid dienone is 1. The van der Waals surface area contributed by atoms with Crippen molar-refractivity contribution in [2.75, 3.05) is 11.5 Å². The van der Waals surface area contributed by atoms with E-state index in [4.69, 9.17) is 0 Å². The lowest BCUT2D eigenvalue weighted by Crippen LogP contribution is -2.14. The van der Waals surface area contributed by atoms with Crippen LogP contribution in [-0.2, 0) is 15.3 Å². The molecule has 7 heteroatoms. The molecule has 30 heavy (non-hydrogen) atoms. The maximum atomic E-state index is 12.9. The van der Waals surface area contributed by atoms with Crippen molar-refractivity contribution in [2.24, 2.45) is 0 Å². The molecule has 0 N–H and O–H groups in total. The van der Waals surface area contributed by atoms with Crippen molar-refractivity contribution < 1.29 is 13.2 Å². The first-order valence-electron chi connectivity index (χ1n) is 9.96. The van der Waals surface area contributed by atoms with Gasteiger partial charge in [-0.25, -0.2) is 8.42 Å². The Morgan fingerprint density at radius 1 is 1.23 bits per heavy atom. The summed E-state index contributed by atoms with van der Waals surface area (Å²) in [4.78, 5) is 12.9. The van der Waals surface area contributed by atoms with Gasteiger partial charge in [-0.15, -0.1) is 0 Å². The number of carbonyl (C=O) groups excluding carboxylic acids is 1. The van der Waals surface area contributed by atoms with E-state index >= 15 is 0 Å². The zero-order chi connectivity index (χ0) is 22.3. The maximum absolute atomic E-state index is 12.9. The predicted molar refractivity (Wildman–Crippen MR) is 117 cm³/mol. The second-order valence-corrected chi connectivity index (χ2v) is 11.1. The molecular weight excluding hydrogens is 398 g/mol. The van der Waals surface area contributed by atoms with Gasteiger partial charge in [0.1, 0.15) is 11.6 Å². The van der Waals surface area contributed by atoms with Crippen LogP contribution in [0.4, 0.5) is 0 Å². The summed E-state index contributed by atoms with van der Waals surface area (Å²) in [6, 6.07) is 9.14. The Balaban J connectivity index is 1.93. The third kappa shape index (κ3) is 4.39. The lowest BCUT2D eigenvalue weighted by molar-refractivity contribution is 0.104. The number of hydrogen-bond donors (Lipinski definition) is 0. The van der Waals surface area contributed by atoms with Crippen LogP contribution < -0.4 is 0 Å². The van der Waals surface area contributed by atoms with Crippen LogP contribution in [0.1, 0.15) is 66.1 Å². The Morgan fingerprint density at radius 3 is 2.37 bits per heavy atom. The molecule has 1 aliphatic rings. The van der Waals surface area contributed by atoms with Crippen LogP contribution in [0.15, 0.2) is 29.8 Å². The summed E-state index contributed by atoms with van der Waals surface area (Å²) in [6.45, 7) is 9.94. The smallest absolute Gasteiger partial charge is 0.203 e. The molecule has 0 bridgehead atoms. The fourth-order valence-electron chi connectivity index (χ4n) is 3.78. The van der Waals surface area contributed by atoms with E-state index in [0.29, 0.717) is 23.2 Å². The summed E-state index contributed by atoms with van der Waals surface area (Å²) in [7, 11) is -3.04. The lowest BCUT2D eigenvalue weighted by atomic mass is 9.86. The molecule has 1 fully saturated rings. The van der Waals surface area contributed by atoms with Crippen molar-refractivity contribution in [3.63, 3.8) is 0 Å². The zero-order valence-electron chi connectivity index (χ0n) is 18.1. The molecule has 1 atom stereocenters.